The second-order valence-corrected chi connectivity index (χ2v) is 5.16. The van der Waals surface area contributed by atoms with Crippen molar-refractivity contribution < 1.29 is 9.53 Å². The first-order valence-corrected chi connectivity index (χ1v) is 5.56. The highest BCUT2D eigenvalue weighted by molar-refractivity contribution is 6.00. The Bertz CT molecular complexity index is 408. The van der Waals surface area contributed by atoms with Gasteiger partial charge in [0.25, 0.3) is 5.91 Å². The van der Waals surface area contributed by atoms with Crippen LogP contribution >= 0.6 is 0 Å². The molecule has 1 aromatic rings. The molecular formula is C13H20N2O2. The van der Waals surface area contributed by atoms with Gasteiger partial charge in [0, 0.05) is 6.54 Å². The van der Waals surface area contributed by atoms with Gasteiger partial charge in [0.05, 0.1) is 18.4 Å². The number of carbonyl (C=O) groups excluding carboxylic acids is 1. The summed E-state index contributed by atoms with van der Waals surface area (Å²) in [6.45, 7) is 6.77. The molecule has 0 atom stereocenters. The molecule has 0 saturated carbocycles. The Morgan fingerprint density at radius 2 is 2.06 bits per heavy atom. The molecule has 0 saturated heterocycles. The second kappa shape index (κ2) is 5.08. The zero-order valence-corrected chi connectivity index (χ0v) is 10.8. The van der Waals surface area contributed by atoms with E-state index < -0.39 is 0 Å². The molecule has 0 aliphatic heterocycles. The summed E-state index contributed by atoms with van der Waals surface area (Å²) in [6.07, 6.45) is 0. The lowest BCUT2D eigenvalue weighted by Gasteiger charge is -2.19. The smallest absolute Gasteiger partial charge is 0.253 e. The highest BCUT2D eigenvalue weighted by Gasteiger charge is 2.16. The molecule has 4 heteroatoms. The molecule has 0 aliphatic rings. The van der Waals surface area contributed by atoms with Crippen molar-refractivity contribution >= 4 is 11.6 Å². The number of nitrogen functional groups attached to an aromatic ring is 1. The number of hydrogen-bond acceptors (Lipinski definition) is 3. The van der Waals surface area contributed by atoms with Crippen LogP contribution in [0.2, 0.25) is 0 Å². The Labute approximate surface area is 102 Å². The molecule has 17 heavy (non-hydrogen) atoms. The van der Waals surface area contributed by atoms with Crippen LogP contribution in [0.15, 0.2) is 18.2 Å². The molecule has 0 aliphatic carbocycles. The Morgan fingerprint density at radius 1 is 1.41 bits per heavy atom. The molecule has 0 radical (unpaired) electrons. The molecular weight excluding hydrogens is 216 g/mol. The van der Waals surface area contributed by atoms with Gasteiger partial charge in [0.1, 0.15) is 5.75 Å². The number of hydrogen-bond donors (Lipinski definition) is 2. The van der Waals surface area contributed by atoms with Crippen LogP contribution in [-0.4, -0.2) is 19.6 Å². The summed E-state index contributed by atoms with van der Waals surface area (Å²) in [5.74, 6) is 0.352. The van der Waals surface area contributed by atoms with Gasteiger partial charge in [-0.25, -0.2) is 0 Å². The van der Waals surface area contributed by atoms with Crippen molar-refractivity contribution in [1.82, 2.24) is 5.32 Å². The van der Waals surface area contributed by atoms with Crippen molar-refractivity contribution in [3.8, 4) is 5.75 Å². The van der Waals surface area contributed by atoms with Crippen LogP contribution < -0.4 is 15.8 Å². The topological polar surface area (TPSA) is 64.3 Å². The van der Waals surface area contributed by atoms with Gasteiger partial charge in [-0.1, -0.05) is 26.8 Å². The predicted molar refractivity (Wildman–Crippen MR) is 69.2 cm³/mol. The average molecular weight is 236 g/mol. The van der Waals surface area contributed by atoms with Crippen LogP contribution in [0.5, 0.6) is 5.75 Å². The van der Waals surface area contributed by atoms with Crippen molar-refractivity contribution in [2.75, 3.05) is 19.4 Å². The average Bonchev–Trinajstić information content (AvgIpc) is 2.25. The Morgan fingerprint density at radius 3 is 2.59 bits per heavy atom. The van der Waals surface area contributed by atoms with Gasteiger partial charge in [-0.2, -0.15) is 0 Å². The molecule has 0 unspecified atom stereocenters. The Balaban J connectivity index is 2.83. The quantitative estimate of drug-likeness (QED) is 0.789. The maximum atomic E-state index is 11.9. The maximum absolute atomic E-state index is 11.9. The van der Waals surface area contributed by atoms with E-state index >= 15 is 0 Å². The van der Waals surface area contributed by atoms with Gasteiger partial charge in [-0.15, -0.1) is 0 Å². The third kappa shape index (κ3) is 3.66. The Hall–Kier alpha value is -1.71. The van der Waals surface area contributed by atoms with Gasteiger partial charge in [0.2, 0.25) is 0 Å². The van der Waals surface area contributed by atoms with Crippen LogP contribution in [0.1, 0.15) is 31.1 Å². The van der Waals surface area contributed by atoms with Crippen molar-refractivity contribution in [2.24, 2.45) is 5.41 Å². The Kier molecular flexibility index (Phi) is 3.99. The van der Waals surface area contributed by atoms with Gasteiger partial charge >= 0.3 is 0 Å². The SMILES string of the molecule is COc1cccc(C(=O)NCC(C)(C)C)c1N. The van der Waals surface area contributed by atoms with Crippen LogP contribution in [0.4, 0.5) is 5.69 Å². The standard InChI is InChI=1S/C13H20N2O2/c1-13(2,3)8-15-12(16)9-6-5-7-10(17-4)11(9)14/h5-7H,8,14H2,1-4H3,(H,15,16). The molecule has 0 heterocycles. The number of rotatable bonds is 3. The molecule has 0 spiro atoms. The summed E-state index contributed by atoms with van der Waals surface area (Å²) in [6, 6.07) is 5.17. The third-order valence-electron chi connectivity index (χ3n) is 2.31. The number of anilines is 1. The van der Waals surface area contributed by atoms with Crippen LogP contribution in [-0.2, 0) is 0 Å². The number of para-hydroxylation sites is 1. The minimum atomic E-state index is -0.170. The van der Waals surface area contributed by atoms with Gasteiger partial charge in [-0.3, -0.25) is 4.79 Å². The lowest BCUT2D eigenvalue weighted by Crippen LogP contribution is -2.32. The van der Waals surface area contributed by atoms with E-state index in [9.17, 15) is 4.79 Å². The number of benzene rings is 1. The summed E-state index contributed by atoms with van der Waals surface area (Å²) in [4.78, 5) is 11.9. The van der Waals surface area contributed by atoms with E-state index in [1.165, 1.54) is 7.11 Å². The number of nitrogens with two attached hydrogens (primary N) is 1. The number of amides is 1. The number of methoxy groups -OCH3 is 1. The minimum absolute atomic E-state index is 0.0449. The van der Waals surface area contributed by atoms with Crippen LogP contribution in [0, 0.1) is 5.41 Å². The summed E-state index contributed by atoms with van der Waals surface area (Å²) in [5, 5.41) is 2.86. The molecule has 94 valence electrons. The van der Waals surface area contributed by atoms with E-state index in [-0.39, 0.29) is 11.3 Å². The molecule has 1 aromatic carbocycles. The molecule has 0 fully saturated rings. The van der Waals surface area contributed by atoms with Crippen molar-refractivity contribution in [1.29, 1.82) is 0 Å². The van der Waals surface area contributed by atoms with E-state index in [2.05, 4.69) is 26.1 Å². The van der Waals surface area contributed by atoms with E-state index in [4.69, 9.17) is 10.5 Å². The van der Waals surface area contributed by atoms with Gasteiger partial charge in [-0.05, 0) is 17.5 Å². The number of carbonyl (C=O) groups is 1. The van der Waals surface area contributed by atoms with Crippen LogP contribution in [0.25, 0.3) is 0 Å². The molecule has 0 aromatic heterocycles. The lowest BCUT2D eigenvalue weighted by molar-refractivity contribution is 0.0940. The molecule has 4 nitrogen and oxygen atoms in total. The van der Waals surface area contributed by atoms with Crippen molar-refractivity contribution in [2.45, 2.75) is 20.8 Å². The number of ether oxygens (including phenoxy) is 1. The number of nitrogens with one attached hydrogen (secondary N) is 1. The van der Waals surface area contributed by atoms with Crippen LogP contribution in [0.3, 0.4) is 0 Å². The predicted octanol–water partition coefficient (Wildman–Crippen LogP) is 2.05. The van der Waals surface area contributed by atoms with Crippen molar-refractivity contribution in [3.63, 3.8) is 0 Å². The largest absolute Gasteiger partial charge is 0.495 e. The normalized spacial score (nSPS) is 11.1. The highest BCUT2D eigenvalue weighted by Crippen LogP contribution is 2.24. The monoisotopic (exact) mass is 236 g/mol. The zero-order valence-electron chi connectivity index (χ0n) is 10.8. The summed E-state index contributed by atoms with van der Waals surface area (Å²) < 4.78 is 5.08. The molecule has 0 bridgehead atoms. The first kappa shape index (κ1) is 13.4. The fourth-order valence-corrected chi connectivity index (χ4v) is 1.36. The minimum Gasteiger partial charge on any atom is -0.495 e. The van der Waals surface area contributed by atoms with E-state index in [0.717, 1.165) is 0 Å². The van der Waals surface area contributed by atoms with Gasteiger partial charge in [0.15, 0.2) is 0 Å². The maximum Gasteiger partial charge on any atom is 0.253 e. The summed E-state index contributed by atoms with van der Waals surface area (Å²) in [7, 11) is 1.53. The lowest BCUT2D eigenvalue weighted by atomic mass is 9.97. The fourth-order valence-electron chi connectivity index (χ4n) is 1.36. The first-order valence-electron chi connectivity index (χ1n) is 5.56. The summed E-state index contributed by atoms with van der Waals surface area (Å²) in [5.41, 5.74) is 6.72. The first-order chi connectivity index (χ1) is 7.85. The molecule has 1 amide bonds. The molecule has 1 rings (SSSR count). The zero-order chi connectivity index (χ0) is 13.1. The van der Waals surface area contributed by atoms with Crippen molar-refractivity contribution in [3.05, 3.63) is 23.8 Å². The van der Waals surface area contributed by atoms with E-state index in [0.29, 0.717) is 23.5 Å². The van der Waals surface area contributed by atoms with E-state index in [1.807, 2.05) is 0 Å². The van der Waals surface area contributed by atoms with E-state index in [1.54, 1.807) is 18.2 Å². The highest BCUT2D eigenvalue weighted by atomic mass is 16.5. The van der Waals surface area contributed by atoms with Gasteiger partial charge < -0.3 is 15.8 Å². The summed E-state index contributed by atoms with van der Waals surface area (Å²) >= 11 is 0. The second-order valence-electron chi connectivity index (χ2n) is 5.16. The fraction of sp³-hybridized carbons (Fsp3) is 0.462. The third-order valence-corrected chi connectivity index (χ3v) is 2.31. The molecule has 3 N–H and O–H groups in total.